The summed E-state index contributed by atoms with van der Waals surface area (Å²) in [5, 5.41) is 4.90. The molecule has 0 atom stereocenters. The van der Waals surface area contributed by atoms with E-state index in [0.29, 0.717) is 0 Å². The molecule has 62 heavy (non-hydrogen) atoms. The number of hydrogen-bond acceptors (Lipinski definition) is 2. The van der Waals surface area contributed by atoms with Crippen molar-refractivity contribution in [1.29, 1.82) is 0 Å². The maximum absolute atomic E-state index is 2.38. The molecular weight excluding hydrogens is 749 g/mol. The fourth-order valence-corrected chi connectivity index (χ4v) is 8.40. The van der Waals surface area contributed by atoms with Gasteiger partial charge in [-0.15, -0.1) is 0 Å². The molecule has 0 amide bonds. The number of rotatable bonds is 9. The summed E-state index contributed by atoms with van der Waals surface area (Å²) in [5.74, 6) is 0. The van der Waals surface area contributed by atoms with Gasteiger partial charge in [0.15, 0.2) is 0 Å². The maximum atomic E-state index is 2.38. The molecular formula is C60H54N2. The van der Waals surface area contributed by atoms with Crippen molar-refractivity contribution in [2.75, 3.05) is 9.80 Å². The molecule has 9 aromatic carbocycles. The van der Waals surface area contributed by atoms with Crippen LogP contribution < -0.4 is 9.80 Å². The highest BCUT2D eigenvalue weighted by Gasteiger charge is 2.20. The monoisotopic (exact) mass is 802 g/mol. The number of fused-ring (bicyclic) bond motifs is 2. The Morgan fingerprint density at radius 1 is 0.306 bits per heavy atom. The Morgan fingerprint density at radius 2 is 0.613 bits per heavy atom. The van der Waals surface area contributed by atoms with Gasteiger partial charge in [0.2, 0.25) is 0 Å². The second kappa shape index (κ2) is 16.7. The first-order chi connectivity index (χ1) is 30.0. The Bertz CT molecular complexity index is 2970. The van der Waals surface area contributed by atoms with E-state index in [0.717, 1.165) is 45.3 Å². The first-order valence-corrected chi connectivity index (χ1v) is 21.8. The fourth-order valence-electron chi connectivity index (χ4n) is 8.40. The van der Waals surface area contributed by atoms with Gasteiger partial charge in [-0.2, -0.15) is 0 Å². The van der Waals surface area contributed by atoms with Gasteiger partial charge >= 0.3 is 0 Å². The van der Waals surface area contributed by atoms with Crippen LogP contribution in [0.1, 0.15) is 63.8 Å². The standard InChI is InChI=1S/C60H54N2/c1-59(2,3)49-31-39-53(40-32-49)61(57-19-11-15-47-13-7-9-17-55(47)57)51-35-25-44(26-36-51)22-21-43-23-27-45(28-24-43)46-29-37-52(38-30-46)62(54-41-33-50(34-42-54)60(4,5)6)58-20-12-16-48-14-8-10-18-56(48)58/h7-42H,1-6H3/b22-21+. The molecule has 2 heteroatoms. The zero-order valence-corrected chi connectivity index (χ0v) is 36.7. The van der Waals surface area contributed by atoms with E-state index in [4.69, 9.17) is 0 Å². The topological polar surface area (TPSA) is 6.48 Å². The largest absolute Gasteiger partial charge is 0.310 e. The van der Waals surface area contributed by atoms with Crippen LogP contribution in [0.2, 0.25) is 0 Å². The van der Waals surface area contributed by atoms with Gasteiger partial charge in [0.05, 0.1) is 11.4 Å². The van der Waals surface area contributed by atoms with E-state index in [1.54, 1.807) is 0 Å². The van der Waals surface area contributed by atoms with E-state index < -0.39 is 0 Å². The molecule has 2 nitrogen and oxygen atoms in total. The second-order valence-electron chi connectivity index (χ2n) is 18.4. The van der Waals surface area contributed by atoms with Crippen LogP contribution in [0.5, 0.6) is 0 Å². The van der Waals surface area contributed by atoms with Crippen LogP contribution in [-0.2, 0) is 10.8 Å². The minimum Gasteiger partial charge on any atom is -0.310 e. The minimum atomic E-state index is 0.0864. The molecule has 0 spiro atoms. The highest BCUT2D eigenvalue weighted by molar-refractivity contribution is 6.00. The number of anilines is 6. The lowest BCUT2D eigenvalue weighted by Gasteiger charge is -2.28. The molecule has 0 saturated heterocycles. The quantitative estimate of drug-likeness (QED) is 0.134. The average Bonchev–Trinajstić information content (AvgIpc) is 3.29. The van der Waals surface area contributed by atoms with Crippen molar-refractivity contribution in [3.63, 3.8) is 0 Å². The van der Waals surface area contributed by atoms with Crippen molar-refractivity contribution in [3.05, 3.63) is 229 Å². The van der Waals surface area contributed by atoms with Crippen molar-refractivity contribution >= 4 is 67.8 Å². The lowest BCUT2D eigenvalue weighted by Crippen LogP contribution is -2.13. The minimum absolute atomic E-state index is 0.0864. The molecule has 0 aliphatic carbocycles. The molecule has 0 fully saturated rings. The molecule has 0 radical (unpaired) electrons. The second-order valence-corrected chi connectivity index (χ2v) is 18.4. The molecule has 0 saturated carbocycles. The van der Waals surface area contributed by atoms with Crippen LogP contribution in [0.4, 0.5) is 34.1 Å². The first-order valence-electron chi connectivity index (χ1n) is 21.8. The fraction of sp³-hybridized carbons (Fsp3) is 0.133. The third kappa shape index (κ3) is 8.42. The average molecular weight is 803 g/mol. The summed E-state index contributed by atoms with van der Waals surface area (Å²) in [4.78, 5) is 4.75. The third-order valence-corrected chi connectivity index (χ3v) is 12.0. The van der Waals surface area contributed by atoms with Crippen LogP contribution in [0.15, 0.2) is 206 Å². The number of benzene rings is 9. The van der Waals surface area contributed by atoms with Gasteiger partial charge < -0.3 is 9.80 Å². The van der Waals surface area contributed by atoms with Crippen LogP contribution in [-0.4, -0.2) is 0 Å². The van der Waals surface area contributed by atoms with Crippen molar-refractivity contribution in [2.45, 2.75) is 52.4 Å². The lowest BCUT2D eigenvalue weighted by atomic mass is 9.87. The van der Waals surface area contributed by atoms with Gasteiger partial charge in [-0.3, -0.25) is 0 Å². The summed E-state index contributed by atoms with van der Waals surface area (Å²) >= 11 is 0. The summed E-state index contributed by atoms with van der Waals surface area (Å²) in [6.45, 7) is 13.6. The van der Waals surface area contributed by atoms with Crippen LogP contribution in [0.25, 0.3) is 44.8 Å². The first kappa shape index (κ1) is 40.3. The Balaban J connectivity index is 0.955. The molecule has 9 aromatic rings. The van der Waals surface area contributed by atoms with Crippen molar-refractivity contribution < 1.29 is 0 Å². The van der Waals surface area contributed by atoms with Crippen molar-refractivity contribution in [1.82, 2.24) is 0 Å². The molecule has 0 aliphatic heterocycles. The van der Waals surface area contributed by atoms with Gasteiger partial charge in [-0.05, 0) is 116 Å². The van der Waals surface area contributed by atoms with E-state index in [2.05, 4.69) is 270 Å². The van der Waals surface area contributed by atoms with Gasteiger partial charge in [-0.1, -0.05) is 199 Å². The van der Waals surface area contributed by atoms with Gasteiger partial charge in [-0.25, -0.2) is 0 Å². The number of nitrogens with zero attached hydrogens (tertiary/aromatic N) is 2. The van der Waals surface area contributed by atoms with Gasteiger partial charge in [0.25, 0.3) is 0 Å². The van der Waals surface area contributed by atoms with Crippen molar-refractivity contribution in [2.24, 2.45) is 0 Å². The normalized spacial score (nSPS) is 12.0. The van der Waals surface area contributed by atoms with Gasteiger partial charge in [0, 0.05) is 33.5 Å². The molecule has 0 heterocycles. The zero-order chi connectivity index (χ0) is 42.8. The smallest absolute Gasteiger partial charge is 0.0540 e. The Morgan fingerprint density at radius 3 is 1.00 bits per heavy atom. The zero-order valence-electron chi connectivity index (χ0n) is 36.7. The van der Waals surface area contributed by atoms with Crippen LogP contribution >= 0.6 is 0 Å². The molecule has 0 bridgehead atoms. The predicted molar refractivity (Wildman–Crippen MR) is 269 cm³/mol. The summed E-state index contributed by atoms with van der Waals surface area (Å²) < 4.78 is 0. The van der Waals surface area contributed by atoms with Crippen LogP contribution in [0.3, 0.4) is 0 Å². The molecule has 0 unspecified atom stereocenters. The van der Waals surface area contributed by atoms with E-state index in [9.17, 15) is 0 Å². The molecule has 304 valence electrons. The highest BCUT2D eigenvalue weighted by Crippen LogP contribution is 2.42. The Kier molecular flexibility index (Phi) is 10.9. The maximum Gasteiger partial charge on any atom is 0.0540 e. The van der Waals surface area contributed by atoms with Crippen molar-refractivity contribution in [3.8, 4) is 11.1 Å². The molecule has 0 aromatic heterocycles. The Labute approximate surface area is 368 Å². The Hall–Kier alpha value is -7.16. The van der Waals surface area contributed by atoms with E-state index in [1.165, 1.54) is 43.8 Å². The number of hydrogen-bond donors (Lipinski definition) is 0. The molecule has 0 aliphatic rings. The van der Waals surface area contributed by atoms with E-state index in [-0.39, 0.29) is 10.8 Å². The predicted octanol–water partition coefficient (Wildman–Crippen LogP) is 17.4. The summed E-state index contributed by atoms with van der Waals surface area (Å²) in [5.41, 5.74) is 14.4. The molecule has 9 rings (SSSR count). The summed E-state index contributed by atoms with van der Waals surface area (Å²) in [6, 6.07) is 75.2. The third-order valence-electron chi connectivity index (χ3n) is 12.0. The SMILES string of the molecule is CC(C)(C)c1ccc(N(c2ccc(/C=C/c3ccc(-c4ccc(N(c5ccc(C(C)(C)C)cc5)c5cccc6ccccc56)cc4)cc3)cc2)c2cccc3ccccc23)cc1. The van der Waals surface area contributed by atoms with Gasteiger partial charge in [0.1, 0.15) is 0 Å². The summed E-state index contributed by atoms with van der Waals surface area (Å²) in [7, 11) is 0. The highest BCUT2D eigenvalue weighted by atomic mass is 15.1. The molecule has 0 N–H and O–H groups in total. The van der Waals surface area contributed by atoms with E-state index in [1.807, 2.05) is 0 Å². The van der Waals surface area contributed by atoms with Crippen LogP contribution in [0, 0.1) is 0 Å². The van der Waals surface area contributed by atoms with E-state index >= 15 is 0 Å². The lowest BCUT2D eigenvalue weighted by molar-refractivity contribution is 0.590. The summed E-state index contributed by atoms with van der Waals surface area (Å²) in [6.07, 6.45) is 4.40.